The molecule has 0 aliphatic carbocycles. The highest BCUT2D eigenvalue weighted by molar-refractivity contribution is 4.61. The van der Waals surface area contributed by atoms with Gasteiger partial charge in [0.2, 0.25) is 0 Å². The first kappa shape index (κ1) is 11.8. The Balaban J connectivity index is 3.39. The van der Waals surface area contributed by atoms with Gasteiger partial charge in [0.15, 0.2) is 0 Å². The number of rotatable bonds is 7. The van der Waals surface area contributed by atoms with Gasteiger partial charge in [0.05, 0.1) is 25.4 Å². The lowest BCUT2D eigenvalue weighted by atomic mass is 10.3. The Labute approximate surface area is 74.4 Å². The summed E-state index contributed by atoms with van der Waals surface area (Å²) in [5.41, 5.74) is 2.64. The summed E-state index contributed by atoms with van der Waals surface area (Å²) in [4.78, 5) is 0. The maximum absolute atomic E-state index is 5.37. The Morgan fingerprint density at radius 1 is 1.33 bits per heavy atom. The minimum absolute atomic E-state index is 0.0901. The maximum Gasteiger partial charge on any atom is 0.0678 e. The zero-order chi connectivity index (χ0) is 9.40. The van der Waals surface area contributed by atoms with E-state index in [4.69, 9.17) is 15.3 Å². The highest BCUT2D eigenvalue weighted by Gasteiger charge is 2.06. The zero-order valence-corrected chi connectivity index (χ0v) is 8.17. The quantitative estimate of drug-likeness (QED) is 0.432. The third-order valence-corrected chi connectivity index (χ3v) is 1.39. The first-order valence-corrected chi connectivity index (χ1v) is 4.36. The lowest BCUT2D eigenvalue weighted by molar-refractivity contribution is 0.0313. The van der Waals surface area contributed by atoms with Crippen LogP contribution < -0.4 is 11.3 Å². The number of hydrogen-bond acceptors (Lipinski definition) is 4. The molecule has 0 amide bonds. The van der Waals surface area contributed by atoms with Crippen molar-refractivity contribution in [2.24, 2.45) is 5.84 Å². The van der Waals surface area contributed by atoms with Crippen LogP contribution in [-0.2, 0) is 9.47 Å². The van der Waals surface area contributed by atoms with Crippen molar-refractivity contribution in [1.29, 1.82) is 0 Å². The Bertz CT molecular complexity index is 99.1. The molecule has 74 valence electrons. The Hall–Kier alpha value is -0.160. The van der Waals surface area contributed by atoms with Crippen LogP contribution in [0, 0.1) is 0 Å². The highest BCUT2D eigenvalue weighted by atomic mass is 16.5. The molecule has 0 radical (unpaired) electrons. The summed E-state index contributed by atoms with van der Waals surface area (Å²) in [5.74, 6) is 5.29. The van der Waals surface area contributed by atoms with Crippen LogP contribution in [0.15, 0.2) is 0 Å². The summed E-state index contributed by atoms with van der Waals surface area (Å²) in [6.07, 6.45) is 0.238. The summed E-state index contributed by atoms with van der Waals surface area (Å²) < 4.78 is 10.6. The summed E-state index contributed by atoms with van der Waals surface area (Å²) >= 11 is 0. The molecule has 0 rings (SSSR count). The normalized spacial score (nSPS) is 13.8. The summed E-state index contributed by atoms with van der Waals surface area (Å²) in [6, 6.07) is 0.0901. The van der Waals surface area contributed by atoms with E-state index in [2.05, 4.69) is 5.43 Å². The molecule has 1 unspecified atom stereocenters. The molecule has 4 heteroatoms. The van der Waals surface area contributed by atoms with E-state index in [1.807, 2.05) is 20.8 Å². The van der Waals surface area contributed by atoms with E-state index in [0.717, 1.165) is 0 Å². The molecule has 12 heavy (non-hydrogen) atoms. The van der Waals surface area contributed by atoms with Crippen LogP contribution in [0.4, 0.5) is 0 Å². The average Bonchev–Trinajstić information content (AvgIpc) is 2.05. The van der Waals surface area contributed by atoms with Gasteiger partial charge in [-0.1, -0.05) is 0 Å². The lowest BCUT2D eigenvalue weighted by Gasteiger charge is -2.17. The molecule has 0 fully saturated rings. The van der Waals surface area contributed by atoms with Crippen molar-refractivity contribution < 1.29 is 9.47 Å². The van der Waals surface area contributed by atoms with Gasteiger partial charge in [-0.25, -0.2) is 0 Å². The van der Waals surface area contributed by atoms with Crippen molar-refractivity contribution in [2.45, 2.75) is 32.9 Å². The SMILES string of the molecule is CCOCC(COC(C)C)NN. The van der Waals surface area contributed by atoms with E-state index >= 15 is 0 Å². The van der Waals surface area contributed by atoms with Gasteiger partial charge in [0, 0.05) is 6.61 Å². The van der Waals surface area contributed by atoms with Crippen LogP contribution in [0.25, 0.3) is 0 Å². The summed E-state index contributed by atoms with van der Waals surface area (Å²) in [5, 5.41) is 0. The van der Waals surface area contributed by atoms with E-state index < -0.39 is 0 Å². The Morgan fingerprint density at radius 3 is 2.42 bits per heavy atom. The van der Waals surface area contributed by atoms with Crippen molar-refractivity contribution in [2.75, 3.05) is 19.8 Å². The topological polar surface area (TPSA) is 56.5 Å². The number of hydrogen-bond donors (Lipinski definition) is 2. The van der Waals surface area contributed by atoms with Gasteiger partial charge in [0.25, 0.3) is 0 Å². The molecule has 1 atom stereocenters. The summed E-state index contributed by atoms with van der Waals surface area (Å²) in [6.45, 7) is 7.84. The monoisotopic (exact) mass is 176 g/mol. The van der Waals surface area contributed by atoms with Gasteiger partial charge in [-0.05, 0) is 20.8 Å². The maximum atomic E-state index is 5.37. The molecular formula is C8H20N2O2. The molecule has 0 aromatic heterocycles. The van der Waals surface area contributed by atoms with E-state index in [9.17, 15) is 0 Å². The smallest absolute Gasteiger partial charge is 0.0678 e. The first-order valence-electron chi connectivity index (χ1n) is 4.36. The van der Waals surface area contributed by atoms with Gasteiger partial charge < -0.3 is 9.47 Å². The van der Waals surface area contributed by atoms with E-state index in [1.54, 1.807) is 0 Å². The fourth-order valence-corrected chi connectivity index (χ4v) is 0.713. The molecule has 0 aliphatic heterocycles. The van der Waals surface area contributed by atoms with Crippen LogP contribution in [-0.4, -0.2) is 32.0 Å². The zero-order valence-electron chi connectivity index (χ0n) is 8.17. The molecule has 0 bridgehead atoms. The molecular weight excluding hydrogens is 156 g/mol. The summed E-state index contributed by atoms with van der Waals surface area (Å²) in [7, 11) is 0. The molecule has 0 aromatic carbocycles. The van der Waals surface area contributed by atoms with Crippen LogP contribution in [0.2, 0.25) is 0 Å². The molecule has 0 spiro atoms. The highest BCUT2D eigenvalue weighted by Crippen LogP contribution is 1.92. The van der Waals surface area contributed by atoms with E-state index in [1.165, 1.54) is 0 Å². The third kappa shape index (κ3) is 6.54. The number of nitrogens with one attached hydrogen (secondary N) is 1. The second kappa shape index (κ2) is 7.49. The minimum atomic E-state index is 0.0901. The number of hydrazine groups is 1. The van der Waals surface area contributed by atoms with Crippen LogP contribution >= 0.6 is 0 Å². The Morgan fingerprint density at radius 2 is 2.00 bits per heavy atom. The lowest BCUT2D eigenvalue weighted by Crippen LogP contribution is -2.42. The number of ether oxygens (including phenoxy) is 2. The van der Waals surface area contributed by atoms with Crippen LogP contribution in [0.1, 0.15) is 20.8 Å². The molecule has 0 aliphatic rings. The molecule has 0 saturated carbocycles. The predicted molar refractivity (Wildman–Crippen MR) is 48.7 cm³/mol. The minimum Gasteiger partial charge on any atom is -0.380 e. The molecule has 0 saturated heterocycles. The van der Waals surface area contributed by atoms with Gasteiger partial charge in [-0.2, -0.15) is 0 Å². The standard InChI is InChI=1S/C8H20N2O2/c1-4-11-5-8(10-9)6-12-7(2)3/h7-8,10H,4-6,9H2,1-3H3. The van der Waals surface area contributed by atoms with Crippen LogP contribution in [0.3, 0.4) is 0 Å². The van der Waals surface area contributed by atoms with Crippen molar-refractivity contribution >= 4 is 0 Å². The first-order chi connectivity index (χ1) is 5.70. The molecule has 4 nitrogen and oxygen atoms in total. The third-order valence-electron chi connectivity index (χ3n) is 1.39. The molecule has 0 heterocycles. The van der Waals surface area contributed by atoms with E-state index in [-0.39, 0.29) is 12.1 Å². The van der Waals surface area contributed by atoms with Crippen molar-refractivity contribution in [3.8, 4) is 0 Å². The van der Waals surface area contributed by atoms with Gasteiger partial charge in [0.1, 0.15) is 0 Å². The fourth-order valence-electron chi connectivity index (χ4n) is 0.713. The van der Waals surface area contributed by atoms with Crippen molar-refractivity contribution in [1.82, 2.24) is 5.43 Å². The fraction of sp³-hybridized carbons (Fsp3) is 1.00. The molecule has 0 aromatic rings. The van der Waals surface area contributed by atoms with Crippen molar-refractivity contribution in [3.05, 3.63) is 0 Å². The second-order valence-electron chi connectivity index (χ2n) is 2.91. The van der Waals surface area contributed by atoms with Crippen molar-refractivity contribution in [3.63, 3.8) is 0 Å². The Kier molecular flexibility index (Phi) is 7.39. The van der Waals surface area contributed by atoms with E-state index in [0.29, 0.717) is 19.8 Å². The average molecular weight is 176 g/mol. The molecule has 3 N–H and O–H groups in total. The van der Waals surface area contributed by atoms with Gasteiger partial charge >= 0.3 is 0 Å². The predicted octanol–water partition coefficient (Wildman–Crippen LogP) is 0.280. The van der Waals surface area contributed by atoms with Gasteiger partial charge in [-0.15, -0.1) is 0 Å². The second-order valence-corrected chi connectivity index (χ2v) is 2.91. The van der Waals surface area contributed by atoms with Crippen LogP contribution in [0.5, 0.6) is 0 Å². The van der Waals surface area contributed by atoms with Gasteiger partial charge in [-0.3, -0.25) is 11.3 Å². The number of nitrogens with two attached hydrogens (primary N) is 1. The largest absolute Gasteiger partial charge is 0.380 e.